The third kappa shape index (κ3) is 4.59. The van der Waals surface area contributed by atoms with Crippen molar-refractivity contribution < 1.29 is 9.53 Å². The third-order valence-electron chi connectivity index (χ3n) is 2.36. The number of ether oxygens (including phenoxy) is 1. The van der Waals surface area contributed by atoms with Gasteiger partial charge in [0.2, 0.25) is 5.91 Å². The molecule has 1 heterocycles. The van der Waals surface area contributed by atoms with Crippen molar-refractivity contribution in [2.45, 2.75) is 6.10 Å². The summed E-state index contributed by atoms with van der Waals surface area (Å²) in [6.45, 7) is 3.60. The molecule has 1 N–H and O–H groups in total. The molecule has 0 radical (unpaired) electrons. The van der Waals surface area contributed by atoms with Crippen molar-refractivity contribution in [1.82, 2.24) is 15.1 Å². The summed E-state index contributed by atoms with van der Waals surface area (Å²) < 4.78 is 5.53. The molecule has 88 valence electrons. The molecule has 1 amide bonds. The first-order valence-electron chi connectivity index (χ1n) is 5.30. The molecule has 0 aromatic heterocycles. The van der Waals surface area contributed by atoms with E-state index in [0.29, 0.717) is 13.1 Å². The molecule has 1 fully saturated rings. The first kappa shape index (κ1) is 12.4. The quantitative estimate of drug-likeness (QED) is 0.653. The SMILES string of the molecule is CN(C)CC(=O)N(C)CC1CNCCO1. The van der Waals surface area contributed by atoms with Gasteiger partial charge in [-0.3, -0.25) is 4.79 Å². The molecule has 1 saturated heterocycles. The lowest BCUT2D eigenvalue weighted by Crippen LogP contribution is -2.47. The van der Waals surface area contributed by atoms with Crippen molar-refractivity contribution in [3.63, 3.8) is 0 Å². The van der Waals surface area contributed by atoms with Gasteiger partial charge in [-0.05, 0) is 14.1 Å². The lowest BCUT2D eigenvalue weighted by molar-refractivity contribution is -0.132. The highest BCUT2D eigenvalue weighted by Gasteiger charge is 2.18. The molecule has 1 rings (SSSR count). The van der Waals surface area contributed by atoms with Crippen LogP contribution in [0.5, 0.6) is 0 Å². The number of carbonyl (C=O) groups excluding carboxylic acids is 1. The molecular formula is C10H21N3O2. The highest BCUT2D eigenvalue weighted by atomic mass is 16.5. The smallest absolute Gasteiger partial charge is 0.236 e. The third-order valence-corrected chi connectivity index (χ3v) is 2.36. The predicted molar refractivity (Wildman–Crippen MR) is 58.8 cm³/mol. The summed E-state index contributed by atoms with van der Waals surface area (Å²) in [5.74, 6) is 0.133. The maximum absolute atomic E-state index is 11.6. The normalized spacial score (nSPS) is 21.7. The minimum atomic E-state index is 0.133. The summed E-state index contributed by atoms with van der Waals surface area (Å²) in [5, 5.41) is 3.25. The molecule has 1 atom stereocenters. The zero-order valence-corrected chi connectivity index (χ0v) is 9.82. The van der Waals surface area contributed by atoms with Crippen LogP contribution < -0.4 is 5.32 Å². The largest absolute Gasteiger partial charge is 0.374 e. The number of morpholine rings is 1. The van der Waals surface area contributed by atoms with E-state index in [4.69, 9.17) is 4.74 Å². The lowest BCUT2D eigenvalue weighted by Gasteiger charge is -2.28. The monoisotopic (exact) mass is 215 g/mol. The van der Waals surface area contributed by atoms with Crippen molar-refractivity contribution in [1.29, 1.82) is 0 Å². The van der Waals surface area contributed by atoms with Gasteiger partial charge in [-0.25, -0.2) is 0 Å². The first-order valence-corrected chi connectivity index (χ1v) is 5.30. The van der Waals surface area contributed by atoms with Crippen LogP contribution in [0, 0.1) is 0 Å². The van der Waals surface area contributed by atoms with Gasteiger partial charge < -0.3 is 19.9 Å². The summed E-state index contributed by atoms with van der Waals surface area (Å²) in [5.41, 5.74) is 0. The minimum Gasteiger partial charge on any atom is -0.374 e. The van der Waals surface area contributed by atoms with Crippen LogP contribution in [0.1, 0.15) is 0 Å². The number of likely N-dealkylation sites (N-methyl/N-ethyl adjacent to an activating group) is 2. The van der Waals surface area contributed by atoms with Gasteiger partial charge in [0.05, 0.1) is 19.3 Å². The van der Waals surface area contributed by atoms with Crippen molar-refractivity contribution >= 4 is 5.91 Å². The van der Waals surface area contributed by atoms with E-state index in [2.05, 4.69) is 5.32 Å². The van der Waals surface area contributed by atoms with Gasteiger partial charge in [0.15, 0.2) is 0 Å². The molecule has 0 aromatic rings. The Labute approximate surface area is 91.4 Å². The second kappa shape index (κ2) is 6.05. The van der Waals surface area contributed by atoms with E-state index in [1.54, 1.807) is 4.90 Å². The Morgan fingerprint density at radius 2 is 2.20 bits per heavy atom. The summed E-state index contributed by atoms with van der Waals surface area (Å²) in [4.78, 5) is 15.2. The standard InChI is InChI=1S/C10H21N3O2/c1-12(2)8-10(14)13(3)7-9-6-11-4-5-15-9/h9,11H,4-8H2,1-3H3. The van der Waals surface area contributed by atoms with E-state index in [1.807, 2.05) is 26.0 Å². The van der Waals surface area contributed by atoms with Gasteiger partial charge in [0.1, 0.15) is 0 Å². The summed E-state index contributed by atoms with van der Waals surface area (Å²) in [6.07, 6.45) is 0.134. The van der Waals surface area contributed by atoms with E-state index < -0.39 is 0 Å². The fourth-order valence-electron chi connectivity index (χ4n) is 1.54. The van der Waals surface area contributed by atoms with Crippen LogP contribution in [0.2, 0.25) is 0 Å². The van der Waals surface area contributed by atoms with E-state index >= 15 is 0 Å². The zero-order chi connectivity index (χ0) is 11.3. The van der Waals surface area contributed by atoms with Crippen LogP contribution in [0.4, 0.5) is 0 Å². The van der Waals surface area contributed by atoms with Gasteiger partial charge >= 0.3 is 0 Å². The average Bonchev–Trinajstić information content (AvgIpc) is 2.18. The van der Waals surface area contributed by atoms with E-state index in [9.17, 15) is 4.79 Å². The molecule has 0 aliphatic carbocycles. The minimum absolute atomic E-state index is 0.133. The molecule has 5 heteroatoms. The molecule has 1 aliphatic rings. The second-order valence-electron chi connectivity index (χ2n) is 4.21. The average molecular weight is 215 g/mol. The number of carbonyl (C=O) groups is 1. The number of nitrogens with one attached hydrogen (secondary N) is 1. The Morgan fingerprint density at radius 3 is 2.73 bits per heavy atom. The summed E-state index contributed by atoms with van der Waals surface area (Å²) in [7, 11) is 5.61. The molecule has 0 bridgehead atoms. The van der Waals surface area contributed by atoms with Crippen LogP contribution >= 0.6 is 0 Å². The van der Waals surface area contributed by atoms with Crippen molar-refractivity contribution in [3.05, 3.63) is 0 Å². The molecule has 1 unspecified atom stereocenters. The van der Waals surface area contributed by atoms with E-state index in [-0.39, 0.29) is 12.0 Å². The van der Waals surface area contributed by atoms with Crippen molar-refractivity contribution in [2.24, 2.45) is 0 Å². The van der Waals surface area contributed by atoms with Crippen LogP contribution in [-0.4, -0.2) is 75.7 Å². The highest BCUT2D eigenvalue weighted by molar-refractivity contribution is 5.77. The van der Waals surface area contributed by atoms with Crippen LogP contribution in [0.25, 0.3) is 0 Å². The predicted octanol–water partition coefficient (Wildman–Crippen LogP) is -1.01. The Morgan fingerprint density at radius 1 is 1.47 bits per heavy atom. The fourth-order valence-corrected chi connectivity index (χ4v) is 1.54. The maximum atomic E-state index is 11.6. The van der Waals surface area contributed by atoms with E-state index in [1.165, 1.54) is 0 Å². The lowest BCUT2D eigenvalue weighted by atomic mass is 10.3. The van der Waals surface area contributed by atoms with Crippen LogP contribution in [0.15, 0.2) is 0 Å². The summed E-state index contributed by atoms with van der Waals surface area (Å²) in [6, 6.07) is 0. The molecule has 5 nitrogen and oxygen atoms in total. The van der Waals surface area contributed by atoms with Gasteiger partial charge in [-0.15, -0.1) is 0 Å². The van der Waals surface area contributed by atoms with Crippen molar-refractivity contribution in [2.75, 3.05) is 53.9 Å². The number of amides is 1. The fraction of sp³-hybridized carbons (Fsp3) is 0.900. The molecule has 0 spiro atoms. The Kier molecular flexibility index (Phi) is 5.01. The maximum Gasteiger partial charge on any atom is 0.236 e. The van der Waals surface area contributed by atoms with Gasteiger partial charge in [-0.2, -0.15) is 0 Å². The second-order valence-corrected chi connectivity index (χ2v) is 4.21. The highest BCUT2D eigenvalue weighted by Crippen LogP contribution is 1.99. The Bertz CT molecular complexity index is 203. The molecule has 1 aliphatic heterocycles. The van der Waals surface area contributed by atoms with Gasteiger partial charge in [0, 0.05) is 26.7 Å². The Balaban J connectivity index is 2.26. The van der Waals surface area contributed by atoms with Gasteiger partial charge in [-0.1, -0.05) is 0 Å². The van der Waals surface area contributed by atoms with E-state index in [0.717, 1.165) is 19.7 Å². The Hall–Kier alpha value is -0.650. The van der Waals surface area contributed by atoms with Crippen LogP contribution in [-0.2, 0) is 9.53 Å². The molecule has 0 saturated carbocycles. The van der Waals surface area contributed by atoms with Gasteiger partial charge in [0.25, 0.3) is 0 Å². The topological polar surface area (TPSA) is 44.8 Å². The number of hydrogen-bond donors (Lipinski definition) is 1. The van der Waals surface area contributed by atoms with Crippen LogP contribution in [0.3, 0.4) is 0 Å². The number of hydrogen-bond acceptors (Lipinski definition) is 4. The number of rotatable bonds is 4. The molecular weight excluding hydrogens is 194 g/mol. The number of nitrogens with zero attached hydrogens (tertiary/aromatic N) is 2. The first-order chi connectivity index (χ1) is 7.09. The molecule has 15 heavy (non-hydrogen) atoms. The molecule has 0 aromatic carbocycles. The zero-order valence-electron chi connectivity index (χ0n) is 9.82. The van der Waals surface area contributed by atoms with Crippen molar-refractivity contribution in [3.8, 4) is 0 Å². The summed E-state index contributed by atoms with van der Waals surface area (Å²) >= 11 is 0.